The van der Waals surface area contributed by atoms with Gasteiger partial charge in [-0.05, 0) is 18.6 Å². The van der Waals surface area contributed by atoms with Gasteiger partial charge in [-0.15, -0.1) is 11.6 Å². The first-order valence-electron chi connectivity index (χ1n) is 5.73. The van der Waals surface area contributed by atoms with Crippen molar-refractivity contribution in [2.45, 2.75) is 38.2 Å². The lowest BCUT2D eigenvalue weighted by Crippen LogP contribution is -2.55. The van der Waals surface area contributed by atoms with Gasteiger partial charge in [0.2, 0.25) is 0 Å². The minimum absolute atomic E-state index is 0.0654. The molecule has 1 saturated carbocycles. The Morgan fingerprint density at radius 1 is 1.53 bits per heavy atom. The first-order chi connectivity index (χ1) is 7.99. The van der Waals surface area contributed by atoms with Gasteiger partial charge in [0, 0.05) is 17.2 Å². The van der Waals surface area contributed by atoms with Crippen LogP contribution in [0, 0.1) is 11.2 Å². The Balaban J connectivity index is 2.18. The molecule has 0 saturated heterocycles. The highest BCUT2D eigenvalue weighted by molar-refractivity contribution is 6.32. The zero-order valence-corrected chi connectivity index (χ0v) is 11.4. The molecular formula is C13H15Cl2FO. The Labute approximate surface area is 111 Å². The van der Waals surface area contributed by atoms with Crippen LogP contribution in [-0.4, -0.2) is 11.5 Å². The van der Waals surface area contributed by atoms with Gasteiger partial charge in [-0.25, -0.2) is 4.39 Å². The SMILES string of the molecule is CCC1(C)C(Cl)CC1Oc1c(F)cccc1Cl. The molecule has 1 aliphatic rings. The zero-order chi connectivity index (χ0) is 12.6. The maximum absolute atomic E-state index is 13.6. The number of benzene rings is 1. The van der Waals surface area contributed by atoms with E-state index >= 15 is 0 Å². The van der Waals surface area contributed by atoms with Crippen LogP contribution in [0.5, 0.6) is 5.75 Å². The van der Waals surface area contributed by atoms with Crippen molar-refractivity contribution in [3.8, 4) is 5.75 Å². The monoisotopic (exact) mass is 276 g/mol. The van der Waals surface area contributed by atoms with Crippen molar-refractivity contribution in [3.05, 3.63) is 29.0 Å². The van der Waals surface area contributed by atoms with Crippen LogP contribution in [0.15, 0.2) is 18.2 Å². The van der Waals surface area contributed by atoms with Crippen LogP contribution in [-0.2, 0) is 0 Å². The zero-order valence-electron chi connectivity index (χ0n) is 9.84. The van der Waals surface area contributed by atoms with Crippen molar-refractivity contribution >= 4 is 23.2 Å². The van der Waals surface area contributed by atoms with Gasteiger partial charge in [0.05, 0.1) is 5.02 Å². The number of hydrogen-bond donors (Lipinski definition) is 0. The highest BCUT2D eigenvalue weighted by atomic mass is 35.5. The van der Waals surface area contributed by atoms with Gasteiger partial charge in [0.15, 0.2) is 11.6 Å². The molecule has 94 valence electrons. The molecule has 1 fully saturated rings. The van der Waals surface area contributed by atoms with Crippen LogP contribution in [0.1, 0.15) is 26.7 Å². The summed E-state index contributed by atoms with van der Waals surface area (Å²) in [6.07, 6.45) is 1.57. The normalized spacial score (nSPS) is 32.1. The molecule has 1 aliphatic carbocycles. The summed E-state index contributed by atoms with van der Waals surface area (Å²) in [6, 6.07) is 4.54. The average Bonchev–Trinajstić information content (AvgIpc) is 2.31. The van der Waals surface area contributed by atoms with Crippen LogP contribution in [0.2, 0.25) is 5.02 Å². The lowest BCUT2D eigenvalue weighted by atomic mass is 9.65. The molecule has 1 aromatic carbocycles. The lowest BCUT2D eigenvalue weighted by molar-refractivity contribution is -0.0314. The van der Waals surface area contributed by atoms with Crippen LogP contribution in [0.25, 0.3) is 0 Å². The van der Waals surface area contributed by atoms with Gasteiger partial charge in [-0.1, -0.05) is 31.5 Å². The van der Waals surface area contributed by atoms with Crippen LogP contribution in [0.4, 0.5) is 4.39 Å². The largest absolute Gasteiger partial charge is 0.485 e. The maximum Gasteiger partial charge on any atom is 0.173 e. The maximum atomic E-state index is 13.6. The second kappa shape index (κ2) is 4.66. The minimum atomic E-state index is -0.422. The number of ether oxygens (including phenoxy) is 1. The van der Waals surface area contributed by atoms with Crippen molar-refractivity contribution in [2.75, 3.05) is 0 Å². The molecule has 0 spiro atoms. The van der Waals surface area contributed by atoms with Gasteiger partial charge in [0.25, 0.3) is 0 Å². The standard InChI is InChI=1S/C13H15Cl2FO/c1-3-13(2)10(15)7-11(13)17-12-8(14)5-4-6-9(12)16/h4-6,10-11H,3,7H2,1-2H3. The average molecular weight is 277 g/mol. The van der Waals surface area contributed by atoms with E-state index in [-0.39, 0.29) is 22.6 Å². The van der Waals surface area contributed by atoms with Gasteiger partial charge < -0.3 is 4.74 Å². The highest BCUT2D eigenvalue weighted by Gasteiger charge is 2.51. The van der Waals surface area contributed by atoms with E-state index in [9.17, 15) is 4.39 Å². The number of rotatable bonds is 3. The molecule has 1 nitrogen and oxygen atoms in total. The quantitative estimate of drug-likeness (QED) is 0.730. The third-order valence-electron chi connectivity index (χ3n) is 3.81. The van der Waals surface area contributed by atoms with Crippen molar-refractivity contribution < 1.29 is 9.13 Å². The fourth-order valence-electron chi connectivity index (χ4n) is 2.14. The van der Waals surface area contributed by atoms with Gasteiger partial charge in [0.1, 0.15) is 6.10 Å². The summed E-state index contributed by atoms with van der Waals surface area (Å²) in [5.41, 5.74) is -0.104. The number of para-hydroxylation sites is 1. The van der Waals surface area contributed by atoms with Crippen molar-refractivity contribution in [2.24, 2.45) is 5.41 Å². The van der Waals surface area contributed by atoms with Gasteiger partial charge in [-0.3, -0.25) is 0 Å². The minimum Gasteiger partial charge on any atom is -0.485 e. The summed E-state index contributed by atoms with van der Waals surface area (Å²) in [7, 11) is 0. The second-order valence-electron chi connectivity index (χ2n) is 4.72. The predicted octanol–water partition coefficient (Wildman–Crippen LogP) is 4.65. The Hall–Kier alpha value is -0.470. The Morgan fingerprint density at radius 2 is 2.24 bits per heavy atom. The third kappa shape index (κ3) is 2.13. The topological polar surface area (TPSA) is 9.23 Å². The van der Waals surface area contributed by atoms with E-state index in [4.69, 9.17) is 27.9 Å². The van der Waals surface area contributed by atoms with Crippen molar-refractivity contribution in [1.82, 2.24) is 0 Å². The predicted molar refractivity (Wildman–Crippen MR) is 68.5 cm³/mol. The van der Waals surface area contributed by atoms with E-state index in [1.54, 1.807) is 12.1 Å². The molecule has 3 atom stereocenters. The Morgan fingerprint density at radius 3 is 2.76 bits per heavy atom. The van der Waals surface area contributed by atoms with Crippen LogP contribution in [0.3, 0.4) is 0 Å². The van der Waals surface area contributed by atoms with E-state index in [0.29, 0.717) is 5.02 Å². The molecule has 3 unspecified atom stereocenters. The molecule has 2 rings (SSSR count). The van der Waals surface area contributed by atoms with Crippen molar-refractivity contribution in [1.29, 1.82) is 0 Å². The molecule has 0 aliphatic heterocycles. The molecule has 0 amide bonds. The molecule has 0 radical (unpaired) electrons. The van der Waals surface area contributed by atoms with Gasteiger partial charge >= 0.3 is 0 Å². The van der Waals surface area contributed by atoms with Crippen molar-refractivity contribution in [3.63, 3.8) is 0 Å². The lowest BCUT2D eigenvalue weighted by Gasteiger charge is -2.50. The summed E-state index contributed by atoms with van der Waals surface area (Å²) in [5.74, 6) is -0.281. The Kier molecular flexibility index (Phi) is 3.55. The first kappa shape index (κ1) is 13.0. The van der Waals surface area contributed by atoms with E-state index in [2.05, 4.69) is 13.8 Å². The van der Waals surface area contributed by atoms with E-state index in [1.807, 2.05) is 0 Å². The van der Waals surface area contributed by atoms with Gasteiger partial charge in [-0.2, -0.15) is 0 Å². The molecule has 0 N–H and O–H groups in total. The van der Waals surface area contributed by atoms with Crippen LogP contribution >= 0.6 is 23.2 Å². The molecule has 0 heterocycles. The van der Waals surface area contributed by atoms with E-state index < -0.39 is 5.82 Å². The molecule has 1 aromatic rings. The summed E-state index contributed by atoms with van der Waals surface area (Å²) in [4.78, 5) is 0. The fourth-order valence-corrected chi connectivity index (χ4v) is 2.80. The third-order valence-corrected chi connectivity index (χ3v) is 4.79. The highest BCUT2D eigenvalue weighted by Crippen LogP contribution is 2.49. The number of alkyl halides is 1. The number of halogens is 3. The first-order valence-corrected chi connectivity index (χ1v) is 6.55. The second-order valence-corrected chi connectivity index (χ2v) is 5.65. The molecule has 17 heavy (non-hydrogen) atoms. The summed E-state index contributed by atoms with van der Waals surface area (Å²) in [6.45, 7) is 4.13. The Bertz CT molecular complexity index is 404. The molecular weight excluding hydrogens is 262 g/mol. The fraction of sp³-hybridized carbons (Fsp3) is 0.538. The van der Waals surface area contributed by atoms with E-state index in [1.165, 1.54) is 6.07 Å². The smallest absolute Gasteiger partial charge is 0.173 e. The molecule has 0 aromatic heterocycles. The number of hydrogen-bond acceptors (Lipinski definition) is 1. The molecule has 0 bridgehead atoms. The summed E-state index contributed by atoms with van der Waals surface area (Å²) < 4.78 is 19.3. The summed E-state index contributed by atoms with van der Waals surface area (Å²) >= 11 is 12.1. The summed E-state index contributed by atoms with van der Waals surface area (Å²) in [5, 5.41) is 0.393. The van der Waals surface area contributed by atoms with E-state index in [0.717, 1.165) is 12.8 Å². The molecule has 4 heteroatoms. The van der Waals surface area contributed by atoms with Crippen LogP contribution < -0.4 is 4.74 Å².